The molecule has 0 spiro atoms. The number of rotatable bonds is 4. The molecule has 1 aromatic carbocycles. The van der Waals surface area contributed by atoms with Crippen LogP contribution >= 0.6 is 0 Å². The van der Waals surface area contributed by atoms with Crippen molar-refractivity contribution in [2.45, 2.75) is 46.6 Å². The molecule has 0 fully saturated rings. The van der Waals surface area contributed by atoms with Gasteiger partial charge in [0.15, 0.2) is 0 Å². The molecular weight excluding hydrogens is 212 g/mol. The minimum absolute atomic E-state index is 0.231. The molecule has 0 bridgehead atoms. The first-order valence-corrected chi connectivity index (χ1v) is 6.22. The molecular formula is C15H24O2. The van der Waals surface area contributed by atoms with E-state index in [1.54, 1.807) is 7.11 Å². The molecule has 2 atom stereocenters. The Hall–Kier alpha value is -1.02. The van der Waals surface area contributed by atoms with Crippen LogP contribution in [0.4, 0.5) is 0 Å². The topological polar surface area (TPSA) is 29.5 Å². The number of methoxy groups -OCH3 is 1. The number of hydrogen-bond acceptors (Lipinski definition) is 2. The molecule has 1 N–H and O–H groups in total. The second-order valence-corrected chi connectivity index (χ2v) is 5.09. The third-order valence-electron chi connectivity index (χ3n) is 3.86. The van der Waals surface area contributed by atoms with Gasteiger partial charge in [-0.15, -0.1) is 0 Å². The lowest BCUT2D eigenvalue weighted by molar-refractivity contribution is -0.000624. The predicted molar refractivity (Wildman–Crippen MR) is 71.5 cm³/mol. The Balaban J connectivity index is 3.27. The summed E-state index contributed by atoms with van der Waals surface area (Å²) in [5.74, 6) is 1.11. The van der Waals surface area contributed by atoms with Gasteiger partial charge in [0.2, 0.25) is 0 Å². The monoisotopic (exact) mass is 236 g/mol. The molecule has 2 heteroatoms. The van der Waals surface area contributed by atoms with E-state index in [-0.39, 0.29) is 5.92 Å². The fourth-order valence-electron chi connectivity index (χ4n) is 2.22. The lowest BCUT2D eigenvalue weighted by atomic mass is 9.80. The van der Waals surface area contributed by atoms with Crippen molar-refractivity contribution in [2.75, 3.05) is 7.11 Å². The van der Waals surface area contributed by atoms with Gasteiger partial charge >= 0.3 is 0 Å². The molecule has 0 amide bonds. The normalized spacial score (nSPS) is 16.4. The van der Waals surface area contributed by atoms with E-state index in [0.717, 1.165) is 28.9 Å². The Morgan fingerprint density at radius 1 is 1.29 bits per heavy atom. The number of ether oxygens (including phenoxy) is 1. The SMILES string of the molecule is CCC(C)C(C)(O)c1cc(C)c(OC)cc1C. The van der Waals surface area contributed by atoms with E-state index in [1.165, 1.54) is 0 Å². The zero-order chi connectivity index (χ0) is 13.2. The van der Waals surface area contributed by atoms with Gasteiger partial charge in [-0.1, -0.05) is 20.3 Å². The van der Waals surface area contributed by atoms with Crippen LogP contribution in [0.1, 0.15) is 43.9 Å². The zero-order valence-electron chi connectivity index (χ0n) is 11.8. The van der Waals surface area contributed by atoms with Crippen LogP contribution in [0.15, 0.2) is 12.1 Å². The van der Waals surface area contributed by atoms with Gasteiger partial charge < -0.3 is 9.84 Å². The van der Waals surface area contributed by atoms with Crippen LogP contribution in [-0.2, 0) is 5.60 Å². The average molecular weight is 236 g/mol. The van der Waals surface area contributed by atoms with Crippen LogP contribution in [-0.4, -0.2) is 12.2 Å². The first-order chi connectivity index (χ1) is 7.84. The van der Waals surface area contributed by atoms with E-state index in [4.69, 9.17) is 4.74 Å². The Labute approximate surface area is 105 Å². The number of benzene rings is 1. The van der Waals surface area contributed by atoms with E-state index in [0.29, 0.717) is 0 Å². The van der Waals surface area contributed by atoms with E-state index in [1.807, 2.05) is 32.9 Å². The molecule has 1 aromatic rings. The van der Waals surface area contributed by atoms with Crippen molar-refractivity contribution < 1.29 is 9.84 Å². The van der Waals surface area contributed by atoms with Gasteiger partial charge in [-0.05, 0) is 55.5 Å². The van der Waals surface area contributed by atoms with Gasteiger partial charge in [-0.2, -0.15) is 0 Å². The molecule has 0 aliphatic heterocycles. The molecule has 0 aliphatic rings. The van der Waals surface area contributed by atoms with Crippen molar-refractivity contribution in [3.05, 3.63) is 28.8 Å². The molecule has 2 nitrogen and oxygen atoms in total. The van der Waals surface area contributed by atoms with E-state index < -0.39 is 5.60 Å². The van der Waals surface area contributed by atoms with Crippen LogP contribution in [0.25, 0.3) is 0 Å². The Bertz CT molecular complexity index is 394. The van der Waals surface area contributed by atoms with Crippen molar-refractivity contribution >= 4 is 0 Å². The van der Waals surface area contributed by atoms with Crippen molar-refractivity contribution in [1.82, 2.24) is 0 Å². The third kappa shape index (κ3) is 2.63. The molecule has 0 radical (unpaired) electrons. The summed E-state index contributed by atoms with van der Waals surface area (Å²) >= 11 is 0. The molecule has 0 saturated heterocycles. The lowest BCUT2D eigenvalue weighted by Gasteiger charge is -2.32. The van der Waals surface area contributed by atoms with Crippen LogP contribution in [0.2, 0.25) is 0 Å². The molecule has 17 heavy (non-hydrogen) atoms. The van der Waals surface area contributed by atoms with Crippen LogP contribution in [0, 0.1) is 19.8 Å². The van der Waals surface area contributed by atoms with Crippen LogP contribution in [0.5, 0.6) is 5.75 Å². The van der Waals surface area contributed by atoms with Gasteiger partial charge in [0.25, 0.3) is 0 Å². The highest BCUT2D eigenvalue weighted by atomic mass is 16.5. The van der Waals surface area contributed by atoms with Crippen molar-refractivity contribution in [3.8, 4) is 5.75 Å². The summed E-state index contributed by atoms with van der Waals surface area (Å²) in [6, 6.07) is 4.04. The smallest absolute Gasteiger partial charge is 0.122 e. The molecule has 0 aliphatic carbocycles. The molecule has 96 valence electrons. The van der Waals surface area contributed by atoms with Crippen molar-refractivity contribution in [2.24, 2.45) is 5.92 Å². The summed E-state index contributed by atoms with van der Waals surface area (Å²) in [7, 11) is 1.67. The maximum absolute atomic E-state index is 10.7. The maximum atomic E-state index is 10.7. The van der Waals surface area contributed by atoms with Gasteiger partial charge in [-0.3, -0.25) is 0 Å². The molecule has 0 saturated carbocycles. The largest absolute Gasteiger partial charge is 0.496 e. The molecule has 0 aromatic heterocycles. The fraction of sp³-hybridized carbons (Fsp3) is 0.600. The number of hydrogen-bond donors (Lipinski definition) is 1. The summed E-state index contributed by atoms with van der Waals surface area (Å²) < 4.78 is 5.30. The predicted octanol–water partition coefficient (Wildman–Crippen LogP) is 3.57. The van der Waals surface area contributed by atoms with Crippen molar-refractivity contribution in [1.29, 1.82) is 0 Å². The van der Waals surface area contributed by atoms with E-state index >= 15 is 0 Å². The maximum Gasteiger partial charge on any atom is 0.122 e. The van der Waals surface area contributed by atoms with Gasteiger partial charge in [0.1, 0.15) is 5.75 Å². The lowest BCUT2D eigenvalue weighted by Crippen LogP contribution is -2.30. The standard InChI is InChI=1S/C15H24O2/c1-7-12(4)15(5,16)13-8-11(3)14(17-6)9-10(13)2/h8-9,12,16H,7H2,1-6H3. The minimum atomic E-state index is -0.782. The van der Waals surface area contributed by atoms with Crippen LogP contribution in [0.3, 0.4) is 0 Å². The Morgan fingerprint density at radius 2 is 1.88 bits per heavy atom. The highest BCUT2D eigenvalue weighted by Gasteiger charge is 2.31. The first-order valence-electron chi connectivity index (χ1n) is 6.22. The summed E-state index contributed by atoms with van der Waals surface area (Å²) in [6.07, 6.45) is 0.956. The summed E-state index contributed by atoms with van der Waals surface area (Å²) in [6.45, 7) is 10.1. The third-order valence-corrected chi connectivity index (χ3v) is 3.86. The fourth-order valence-corrected chi connectivity index (χ4v) is 2.22. The van der Waals surface area contributed by atoms with Crippen molar-refractivity contribution in [3.63, 3.8) is 0 Å². The second-order valence-electron chi connectivity index (χ2n) is 5.09. The zero-order valence-corrected chi connectivity index (χ0v) is 11.8. The minimum Gasteiger partial charge on any atom is -0.496 e. The average Bonchev–Trinajstić information content (AvgIpc) is 2.30. The molecule has 0 heterocycles. The highest BCUT2D eigenvalue weighted by molar-refractivity contribution is 5.44. The molecule has 1 rings (SSSR count). The van der Waals surface area contributed by atoms with E-state index in [2.05, 4.69) is 13.8 Å². The number of aryl methyl sites for hydroxylation is 2. The van der Waals surface area contributed by atoms with Gasteiger partial charge in [-0.25, -0.2) is 0 Å². The Kier molecular flexibility index (Phi) is 4.21. The second kappa shape index (κ2) is 5.09. The quantitative estimate of drug-likeness (QED) is 0.866. The van der Waals surface area contributed by atoms with E-state index in [9.17, 15) is 5.11 Å². The van der Waals surface area contributed by atoms with Gasteiger partial charge in [0, 0.05) is 0 Å². The van der Waals surface area contributed by atoms with Crippen LogP contribution < -0.4 is 4.74 Å². The van der Waals surface area contributed by atoms with Gasteiger partial charge in [0.05, 0.1) is 12.7 Å². The first kappa shape index (κ1) is 14.0. The molecule has 2 unspecified atom stereocenters. The summed E-state index contributed by atoms with van der Waals surface area (Å²) in [4.78, 5) is 0. The highest BCUT2D eigenvalue weighted by Crippen LogP contribution is 2.36. The number of aliphatic hydroxyl groups is 1. The summed E-state index contributed by atoms with van der Waals surface area (Å²) in [5, 5.41) is 10.7. The Morgan fingerprint density at radius 3 is 2.35 bits per heavy atom. The summed E-state index contributed by atoms with van der Waals surface area (Å²) in [5.41, 5.74) is 2.37.